The smallest absolute Gasteiger partial charge is 0.329 e. The molecule has 0 aliphatic carbocycles. The van der Waals surface area contributed by atoms with E-state index in [1.807, 2.05) is 30.3 Å². The molecule has 0 saturated carbocycles. The lowest BCUT2D eigenvalue weighted by Gasteiger charge is -2.12. The van der Waals surface area contributed by atoms with Gasteiger partial charge in [-0.2, -0.15) is 0 Å². The van der Waals surface area contributed by atoms with Crippen molar-refractivity contribution in [3.8, 4) is 17.0 Å². The lowest BCUT2D eigenvalue weighted by molar-refractivity contribution is 0.400. The number of rotatable bonds is 5. The fourth-order valence-corrected chi connectivity index (χ4v) is 3.88. The first kappa shape index (κ1) is 20.7. The van der Waals surface area contributed by atoms with Crippen molar-refractivity contribution >= 4 is 21.1 Å². The number of nitrogens with zero attached hydrogens (tertiary/aromatic N) is 4. The van der Waals surface area contributed by atoms with Gasteiger partial charge in [-0.1, -0.05) is 30.3 Å². The quantitative estimate of drug-likeness (QED) is 0.500. The Bertz CT molecular complexity index is 1460. The van der Waals surface area contributed by atoms with E-state index in [4.69, 9.17) is 9.88 Å². The summed E-state index contributed by atoms with van der Waals surface area (Å²) in [5.41, 5.74) is 1.80. The maximum Gasteiger partial charge on any atom is 0.329 e. The topological polar surface area (TPSA) is 122 Å². The molecule has 4 rings (SSSR count). The summed E-state index contributed by atoms with van der Waals surface area (Å²) < 4.78 is 45.7. The van der Waals surface area contributed by atoms with Gasteiger partial charge in [-0.05, 0) is 11.6 Å². The van der Waals surface area contributed by atoms with E-state index in [0.29, 0.717) is 22.5 Å². The van der Waals surface area contributed by atoms with Crippen LogP contribution in [0.3, 0.4) is 0 Å². The number of hydrogen-bond acceptors (Lipinski definition) is 6. The second kappa shape index (κ2) is 7.60. The lowest BCUT2D eigenvalue weighted by atomic mass is 10.1. The zero-order valence-corrected chi connectivity index (χ0v) is 17.4. The highest BCUT2D eigenvalue weighted by Crippen LogP contribution is 2.35. The van der Waals surface area contributed by atoms with E-state index in [9.17, 15) is 17.6 Å². The van der Waals surface area contributed by atoms with E-state index < -0.39 is 26.4 Å². The highest BCUT2D eigenvalue weighted by atomic mass is 32.2. The monoisotopic (exact) mass is 443 g/mol. The Morgan fingerprint density at radius 1 is 1.16 bits per heavy atom. The van der Waals surface area contributed by atoms with Crippen LogP contribution in [0.2, 0.25) is 0 Å². The number of aromatic nitrogens is 4. The Morgan fingerprint density at radius 3 is 2.48 bits per heavy atom. The van der Waals surface area contributed by atoms with Crippen molar-refractivity contribution in [3.63, 3.8) is 0 Å². The third-order valence-electron chi connectivity index (χ3n) is 4.93. The Balaban J connectivity index is 1.97. The Hall–Kier alpha value is -3.57. The molecule has 0 amide bonds. The minimum atomic E-state index is -4.11. The van der Waals surface area contributed by atoms with E-state index in [-0.39, 0.29) is 12.2 Å². The number of pyridine rings is 2. The number of halogens is 1. The zero-order chi connectivity index (χ0) is 22.3. The molecule has 1 aromatic carbocycles. The zero-order valence-electron chi connectivity index (χ0n) is 16.6. The van der Waals surface area contributed by atoms with Gasteiger partial charge >= 0.3 is 5.69 Å². The van der Waals surface area contributed by atoms with Gasteiger partial charge in [0.1, 0.15) is 10.7 Å². The molecule has 0 spiro atoms. The molecule has 0 radical (unpaired) electrons. The number of sulfonamides is 1. The predicted octanol–water partition coefficient (Wildman–Crippen LogP) is 1.64. The summed E-state index contributed by atoms with van der Waals surface area (Å²) in [6.07, 6.45) is 2.47. The Kier molecular flexibility index (Phi) is 5.07. The van der Waals surface area contributed by atoms with Crippen LogP contribution in [-0.2, 0) is 23.6 Å². The minimum absolute atomic E-state index is 0.114. The number of fused-ring (bicyclic) bond motifs is 1. The summed E-state index contributed by atoms with van der Waals surface area (Å²) in [7, 11) is -1.05. The summed E-state index contributed by atoms with van der Waals surface area (Å²) in [6.45, 7) is -0.236. The van der Waals surface area contributed by atoms with E-state index in [1.54, 1.807) is 7.05 Å². The molecule has 2 N–H and O–H groups in total. The van der Waals surface area contributed by atoms with Crippen molar-refractivity contribution in [1.29, 1.82) is 0 Å². The third-order valence-corrected chi connectivity index (χ3v) is 5.81. The summed E-state index contributed by atoms with van der Waals surface area (Å²) in [5.74, 6) is -0.589. The molecule has 0 saturated heterocycles. The maximum atomic E-state index is 14.6. The Labute approximate surface area is 176 Å². The molecule has 4 aromatic rings. The van der Waals surface area contributed by atoms with E-state index >= 15 is 0 Å². The minimum Gasteiger partial charge on any atom is -0.480 e. The largest absolute Gasteiger partial charge is 0.480 e. The second-order valence-electron chi connectivity index (χ2n) is 6.81. The number of primary sulfonamides is 1. The number of aryl methyl sites for hydroxylation is 1. The van der Waals surface area contributed by atoms with Crippen LogP contribution in [0.4, 0.5) is 4.39 Å². The highest BCUT2D eigenvalue weighted by Gasteiger charge is 2.22. The van der Waals surface area contributed by atoms with Crippen LogP contribution in [0.15, 0.2) is 58.5 Å². The van der Waals surface area contributed by atoms with Gasteiger partial charge in [0.05, 0.1) is 42.1 Å². The summed E-state index contributed by atoms with van der Waals surface area (Å²) >= 11 is 0. The van der Waals surface area contributed by atoms with Gasteiger partial charge in [-0.15, -0.1) is 0 Å². The first-order chi connectivity index (χ1) is 14.7. The van der Waals surface area contributed by atoms with Crippen LogP contribution in [0.25, 0.3) is 22.2 Å². The van der Waals surface area contributed by atoms with Gasteiger partial charge in [0.2, 0.25) is 15.9 Å². The predicted molar refractivity (Wildman–Crippen MR) is 112 cm³/mol. The molecule has 3 aromatic heterocycles. The van der Waals surface area contributed by atoms with Gasteiger partial charge in [-0.25, -0.2) is 27.7 Å². The summed E-state index contributed by atoms with van der Waals surface area (Å²) in [4.78, 5) is 20.8. The molecule has 31 heavy (non-hydrogen) atoms. The molecule has 0 atom stereocenters. The lowest BCUT2D eigenvalue weighted by Crippen LogP contribution is -2.24. The van der Waals surface area contributed by atoms with Gasteiger partial charge < -0.3 is 4.74 Å². The van der Waals surface area contributed by atoms with Crippen LogP contribution >= 0.6 is 0 Å². The van der Waals surface area contributed by atoms with Crippen LogP contribution in [0, 0.1) is 5.82 Å². The average molecular weight is 443 g/mol. The standard InChI is InChI=1S/C20H18FN5O4S/c1-25-16-10-24-19(30-2)17(12-6-4-3-5-7-12)18(16)26(20(25)27)11-15-14(21)8-13(9-23-15)31(22,28)29/h3-10H,11H2,1-2H3,(H2,22,28,29). The molecule has 0 aliphatic rings. The summed E-state index contributed by atoms with van der Waals surface area (Å²) in [6, 6.07) is 10.0. The second-order valence-corrected chi connectivity index (χ2v) is 8.38. The Morgan fingerprint density at radius 2 is 1.87 bits per heavy atom. The van der Waals surface area contributed by atoms with Crippen molar-refractivity contribution in [1.82, 2.24) is 19.1 Å². The molecule has 9 nitrogen and oxygen atoms in total. The van der Waals surface area contributed by atoms with Crippen molar-refractivity contribution in [2.24, 2.45) is 12.2 Å². The van der Waals surface area contributed by atoms with Crippen LogP contribution in [-0.4, -0.2) is 34.6 Å². The first-order valence-corrected chi connectivity index (χ1v) is 10.6. The van der Waals surface area contributed by atoms with Crippen LogP contribution in [0.5, 0.6) is 5.88 Å². The average Bonchev–Trinajstić information content (AvgIpc) is 2.99. The first-order valence-electron chi connectivity index (χ1n) is 9.07. The number of nitrogens with two attached hydrogens (primary N) is 1. The number of hydrogen-bond donors (Lipinski definition) is 1. The molecule has 0 bridgehead atoms. The van der Waals surface area contributed by atoms with Gasteiger partial charge in [-0.3, -0.25) is 14.1 Å². The van der Waals surface area contributed by atoms with Crippen molar-refractivity contribution < 1.29 is 17.5 Å². The van der Waals surface area contributed by atoms with Crippen molar-refractivity contribution in [2.75, 3.05) is 7.11 Å². The van der Waals surface area contributed by atoms with E-state index in [1.165, 1.54) is 22.4 Å². The molecule has 0 unspecified atom stereocenters. The molecule has 11 heteroatoms. The maximum absolute atomic E-state index is 14.6. The fraction of sp³-hybridized carbons (Fsp3) is 0.150. The molecule has 0 aliphatic heterocycles. The SMILES string of the molecule is COc1ncc2c(c1-c1ccccc1)n(Cc1ncc(S(N)(=O)=O)cc1F)c(=O)n2C. The van der Waals surface area contributed by atoms with Gasteiger partial charge in [0.25, 0.3) is 0 Å². The molecular formula is C20H18FN5O4S. The normalized spacial score (nSPS) is 11.7. The third kappa shape index (κ3) is 3.57. The number of imidazole rings is 1. The molecule has 160 valence electrons. The highest BCUT2D eigenvalue weighted by molar-refractivity contribution is 7.89. The van der Waals surface area contributed by atoms with E-state index in [2.05, 4.69) is 9.97 Å². The number of ether oxygens (including phenoxy) is 1. The van der Waals surface area contributed by atoms with Crippen molar-refractivity contribution in [3.05, 3.63) is 70.8 Å². The molecular weight excluding hydrogens is 425 g/mol. The van der Waals surface area contributed by atoms with E-state index in [0.717, 1.165) is 17.8 Å². The molecule has 0 fully saturated rings. The van der Waals surface area contributed by atoms with Gasteiger partial charge in [0.15, 0.2) is 0 Å². The number of methoxy groups -OCH3 is 1. The number of benzene rings is 1. The molecule has 3 heterocycles. The van der Waals surface area contributed by atoms with Crippen molar-refractivity contribution in [2.45, 2.75) is 11.4 Å². The fourth-order valence-electron chi connectivity index (χ4n) is 3.41. The van der Waals surface area contributed by atoms with Crippen LogP contribution in [0.1, 0.15) is 5.69 Å². The summed E-state index contributed by atoms with van der Waals surface area (Å²) in [5, 5.41) is 5.03. The van der Waals surface area contributed by atoms with Gasteiger partial charge in [0, 0.05) is 13.2 Å². The van der Waals surface area contributed by atoms with Crippen LogP contribution < -0.4 is 15.6 Å².